The molecular formula is C11H19NO. The Labute approximate surface area is 80.3 Å². The van der Waals surface area contributed by atoms with Crippen LogP contribution in [0.1, 0.15) is 39.5 Å². The topological polar surface area (TPSA) is 25.2 Å². The van der Waals surface area contributed by atoms with Gasteiger partial charge in [0.1, 0.15) is 5.76 Å². The van der Waals surface area contributed by atoms with E-state index < -0.39 is 0 Å². The third-order valence-corrected chi connectivity index (χ3v) is 2.10. The Kier molecular flexibility index (Phi) is 3.15. The Balaban J connectivity index is 2.81. The first-order chi connectivity index (χ1) is 6.05. The molecule has 0 radical (unpaired) electrons. The summed E-state index contributed by atoms with van der Waals surface area (Å²) < 4.78 is 5.41. The maximum atomic E-state index is 5.41. The molecule has 13 heavy (non-hydrogen) atoms. The molecule has 74 valence electrons. The molecule has 1 heterocycles. The van der Waals surface area contributed by atoms with E-state index in [1.165, 1.54) is 0 Å². The third-order valence-electron chi connectivity index (χ3n) is 2.10. The molecule has 0 aliphatic heterocycles. The van der Waals surface area contributed by atoms with Crippen molar-refractivity contribution in [3.8, 4) is 0 Å². The van der Waals surface area contributed by atoms with Crippen LogP contribution in [0.15, 0.2) is 22.8 Å². The van der Waals surface area contributed by atoms with Gasteiger partial charge in [-0.3, -0.25) is 0 Å². The van der Waals surface area contributed by atoms with Crippen LogP contribution in [-0.2, 0) is 0 Å². The van der Waals surface area contributed by atoms with Crippen molar-refractivity contribution in [3.05, 3.63) is 24.2 Å². The van der Waals surface area contributed by atoms with Gasteiger partial charge in [-0.1, -0.05) is 27.7 Å². The lowest BCUT2D eigenvalue weighted by atomic mass is 9.85. The molecule has 2 nitrogen and oxygen atoms in total. The Morgan fingerprint density at radius 2 is 2.15 bits per heavy atom. The second-order valence-corrected chi connectivity index (χ2v) is 4.37. The summed E-state index contributed by atoms with van der Waals surface area (Å²) in [4.78, 5) is 0. The Morgan fingerprint density at radius 1 is 1.46 bits per heavy atom. The predicted molar refractivity (Wildman–Crippen MR) is 54.6 cm³/mol. The quantitative estimate of drug-likeness (QED) is 0.775. The number of rotatable bonds is 3. The van der Waals surface area contributed by atoms with Crippen molar-refractivity contribution in [3.63, 3.8) is 0 Å². The summed E-state index contributed by atoms with van der Waals surface area (Å²) in [5.41, 5.74) is 0.188. The molecule has 0 amide bonds. The molecule has 1 atom stereocenters. The molecule has 0 saturated carbocycles. The van der Waals surface area contributed by atoms with E-state index in [1.807, 2.05) is 12.1 Å². The van der Waals surface area contributed by atoms with Crippen molar-refractivity contribution in [2.24, 2.45) is 5.41 Å². The summed E-state index contributed by atoms with van der Waals surface area (Å²) >= 11 is 0. The first kappa shape index (κ1) is 10.3. The molecule has 0 saturated heterocycles. The first-order valence-corrected chi connectivity index (χ1v) is 4.82. The van der Waals surface area contributed by atoms with Crippen LogP contribution in [-0.4, -0.2) is 6.54 Å². The summed E-state index contributed by atoms with van der Waals surface area (Å²) in [6, 6.07) is 4.26. The van der Waals surface area contributed by atoms with Crippen molar-refractivity contribution in [2.45, 2.75) is 33.7 Å². The molecule has 1 N–H and O–H groups in total. The lowest BCUT2D eigenvalue weighted by Crippen LogP contribution is -2.31. The van der Waals surface area contributed by atoms with Crippen LogP contribution < -0.4 is 5.32 Å². The highest BCUT2D eigenvalue weighted by Gasteiger charge is 2.27. The zero-order valence-corrected chi connectivity index (χ0v) is 8.92. The van der Waals surface area contributed by atoms with E-state index in [2.05, 4.69) is 33.0 Å². The Bertz CT molecular complexity index is 233. The van der Waals surface area contributed by atoms with Gasteiger partial charge in [0.05, 0.1) is 12.3 Å². The second kappa shape index (κ2) is 3.97. The van der Waals surface area contributed by atoms with E-state index in [4.69, 9.17) is 4.42 Å². The minimum absolute atomic E-state index is 0.188. The van der Waals surface area contributed by atoms with Gasteiger partial charge in [-0.25, -0.2) is 0 Å². The van der Waals surface area contributed by atoms with E-state index >= 15 is 0 Å². The van der Waals surface area contributed by atoms with Gasteiger partial charge < -0.3 is 9.73 Å². The molecule has 1 aromatic rings. The minimum Gasteiger partial charge on any atom is -0.468 e. The lowest BCUT2D eigenvalue weighted by Gasteiger charge is -2.29. The number of hydrogen-bond donors (Lipinski definition) is 1. The summed E-state index contributed by atoms with van der Waals surface area (Å²) in [5.74, 6) is 1.02. The average Bonchev–Trinajstić information content (AvgIpc) is 2.49. The van der Waals surface area contributed by atoms with Gasteiger partial charge in [-0.15, -0.1) is 0 Å². The lowest BCUT2D eigenvalue weighted by molar-refractivity contribution is 0.241. The largest absolute Gasteiger partial charge is 0.468 e. The summed E-state index contributed by atoms with van der Waals surface area (Å²) in [6.45, 7) is 9.71. The highest BCUT2D eigenvalue weighted by Crippen LogP contribution is 2.32. The summed E-state index contributed by atoms with van der Waals surface area (Å²) in [5, 5.41) is 3.43. The number of nitrogens with one attached hydrogen (secondary N) is 1. The molecule has 0 aliphatic carbocycles. The van der Waals surface area contributed by atoms with Gasteiger partial charge in [0, 0.05) is 0 Å². The van der Waals surface area contributed by atoms with Crippen LogP contribution in [0.2, 0.25) is 0 Å². The van der Waals surface area contributed by atoms with E-state index in [1.54, 1.807) is 6.26 Å². The molecular weight excluding hydrogens is 162 g/mol. The molecule has 2 heteroatoms. The maximum absolute atomic E-state index is 5.41. The standard InChI is InChI=1S/C11H19NO/c1-5-12-10(11(2,3)4)9-7-6-8-13-9/h6-8,10,12H,5H2,1-4H3. The average molecular weight is 181 g/mol. The van der Waals surface area contributed by atoms with Crippen LogP contribution in [0.5, 0.6) is 0 Å². The fourth-order valence-corrected chi connectivity index (χ4v) is 1.49. The van der Waals surface area contributed by atoms with Gasteiger partial charge in [-0.05, 0) is 24.1 Å². The number of hydrogen-bond acceptors (Lipinski definition) is 2. The highest BCUT2D eigenvalue weighted by atomic mass is 16.3. The Morgan fingerprint density at radius 3 is 2.54 bits per heavy atom. The molecule has 1 rings (SSSR count). The van der Waals surface area contributed by atoms with Crippen molar-refractivity contribution in [2.75, 3.05) is 6.54 Å². The van der Waals surface area contributed by atoms with Crippen LogP contribution in [0.25, 0.3) is 0 Å². The van der Waals surface area contributed by atoms with E-state index in [9.17, 15) is 0 Å². The van der Waals surface area contributed by atoms with Crippen molar-refractivity contribution < 1.29 is 4.42 Å². The molecule has 0 aromatic carbocycles. The van der Waals surface area contributed by atoms with Crippen molar-refractivity contribution >= 4 is 0 Å². The van der Waals surface area contributed by atoms with Gasteiger partial charge >= 0.3 is 0 Å². The predicted octanol–water partition coefficient (Wildman–Crippen LogP) is 2.98. The van der Waals surface area contributed by atoms with E-state index in [0.717, 1.165) is 12.3 Å². The zero-order chi connectivity index (χ0) is 9.90. The van der Waals surface area contributed by atoms with Crippen LogP contribution in [0.3, 0.4) is 0 Å². The number of furan rings is 1. The van der Waals surface area contributed by atoms with Gasteiger partial charge in [0.15, 0.2) is 0 Å². The third kappa shape index (κ3) is 2.59. The monoisotopic (exact) mass is 181 g/mol. The van der Waals surface area contributed by atoms with Crippen molar-refractivity contribution in [1.82, 2.24) is 5.32 Å². The van der Waals surface area contributed by atoms with Gasteiger partial charge in [-0.2, -0.15) is 0 Å². The molecule has 0 aliphatic rings. The highest BCUT2D eigenvalue weighted by molar-refractivity contribution is 5.07. The van der Waals surface area contributed by atoms with Crippen LogP contribution in [0, 0.1) is 5.41 Å². The SMILES string of the molecule is CCNC(c1ccco1)C(C)(C)C. The molecule has 0 fully saturated rings. The molecule has 0 bridgehead atoms. The fourth-order valence-electron chi connectivity index (χ4n) is 1.49. The molecule has 0 spiro atoms. The van der Waals surface area contributed by atoms with E-state index in [0.29, 0.717) is 6.04 Å². The molecule has 1 aromatic heterocycles. The van der Waals surface area contributed by atoms with Gasteiger partial charge in [0.2, 0.25) is 0 Å². The maximum Gasteiger partial charge on any atom is 0.121 e. The normalized spacial score (nSPS) is 14.5. The summed E-state index contributed by atoms with van der Waals surface area (Å²) in [7, 11) is 0. The zero-order valence-electron chi connectivity index (χ0n) is 8.92. The van der Waals surface area contributed by atoms with Crippen LogP contribution >= 0.6 is 0 Å². The second-order valence-electron chi connectivity index (χ2n) is 4.37. The smallest absolute Gasteiger partial charge is 0.121 e. The molecule has 1 unspecified atom stereocenters. The summed E-state index contributed by atoms with van der Waals surface area (Å²) in [6.07, 6.45) is 1.73. The Hall–Kier alpha value is -0.760. The van der Waals surface area contributed by atoms with Crippen molar-refractivity contribution in [1.29, 1.82) is 0 Å². The van der Waals surface area contributed by atoms with E-state index in [-0.39, 0.29) is 5.41 Å². The minimum atomic E-state index is 0.188. The van der Waals surface area contributed by atoms with Gasteiger partial charge in [0.25, 0.3) is 0 Å². The first-order valence-electron chi connectivity index (χ1n) is 4.82. The fraction of sp³-hybridized carbons (Fsp3) is 0.636. The van der Waals surface area contributed by atoms with Crippen LogP contribution in [0.4, 0.5) is 0 Å².